The van der Waals surface area contributed by atoms with Gasteiger partial charge in [0.1, 0.15) is 13.2 Å². The zero-order chi connectivity index (χ0) is 17.6. The van der Waals surface area contributed by atoms with Crippen molar-refractivity contribution in [1.29, 1.82) is 0 Å². The zero-order valence-corrected chi connectivity index (χ0v) is 15.6. The van der Waals surface area contributed by atoms with E-state index in [1.165, 1.54) is 12.0 Å². The molecule has 2 aliphatic heterocycles. The first-order valence-electron chi connectivity index (χ1n) is 9.61. The highest BCUT2D eigenvalue weighted by molar-refractivity contribution is 5.43. The molecule has 0 amide bonds. The van der Waals surface area contributed by atoms with Crippen molar-refractivity contribution in [2.24, 2.45) is 5.92 Å². The van der Waals surface area contributed by atoms with Gasteiger partial charge in [-0.05, 0) is 43.0 Å². The summed E-state index contributed by atoms with van der Waals surface area (Å²) in [5.41, 5.74) is 1.27. The van der Waals surface area contributed by atoms with Gasteiger partial charge in [0.25, 0.3) is 0 Å². The first-order valence-corrected chi connectivity index (χ1v) is 9.61. The maximum Gasteiger partial charge on any atom is 0.161 e. The first kappa shape index (κ1) is 18.5. The first-order chi connectivity index (χ1) is 12.2. The van der Waals surface area contributed by atoms with Crippen molar-refractivity contribution in [3.05, 3.63) is 23.8 Å². The zero-order valence-electron chi connectivity index (χ0n) is 15.6. The maximum atomic E-state index is 9.45. The number of rotatable bonds is 7. The molecule has 25 heavy (non-hydrogen) atoms. The van der Waals surface area contributed by atoms with Crippen LogP contribution in [0.1, 0.15) is 32.3 Å². The normalized spacial score (nSPS) is 21.7. The van der Waals surface area contributed by atoms with Gasteiger partial charge in [0, 0.05) is 38.8 Å². The van der Waals surface area contributed by atoms with E-state index in [1.54, 1.807) is 0 Å². The Morgan fingerprint density at radius 3 is 2.72 bits per heavy atom. The van der Waals surface area contributed by atoms with Gasteiger partial charge in [-0.1, -0.05) is 19.9 Å². The molecule has 1 unspecified atom stereocenters. The minimum absolute atomic E-state index is 0.265. The topological polar surface area (TPSA) is 45.2 Å². The average molecular weight is 348 g/mol. The number of aliphatic hydroxyl groups is 1. The number of benzene rings is 1. The van der Waals surface area contributed by atoms with Gasteiger partial charge in [-0.15, -0.1) is 0 Å². The molecule has 0 spiro atoms. The van der Waals surface area contributed by atoms with Crippen molar-refractivity contribution in [3.63, 3.8) is 0 Å². The third kappa shape index (κ3) is 5.09. The Hall–Kier alpha value is -1.30. The van der Waals surface area contributed by atoms with Gasteiger partial charge in [-0.25, -0.2) is 0 Å². The van der Waals surface area contributed by atoms with Crippen molar-refractivity contribution >= 4 is 0 Å². The highest BCUT2D eigenvalue weighted by Gasteiger charge is 2.26. The van der Waals surface area contributed by atoms with E-state index in [0.29, 0.717) is 19.3 Å². The van der Waals surface area contributed by atoms with E-state index in [0.717, 1.165) is 56.6 Å². The average Bonchev–Trinajstić information content (AvgIpc) is 2.61. The van der Waals surface area contributed by atoms with Crippen molar-refractivity contribution < 1.29 is 14.6 Å². The van der Waals surface area contributed by atoms with Gasteiger partial charge in [-0.2, -0.15) is 0 Å². The Morgan fingerprint density at radius 2 is 1.96 bits per heavy atom. The molecule has 5 heteroatoms. The van der Waals surface area contributed by atoms with Gasteiger partial charge in [0.05, 0.1) is 0 Å². The highest BCUT2D eigenvalue weighted by Crippen LogP contribution is 2.31. The van der Waals surface area contributed by atoms with E-state index in [1.807, 2.05) is 6.07 Å². The number of nitrogens with zero attached hydrogens (tertiary/aromatic N) is 2. The van der Waals surface area contributed by atoms with E-state index < -0.39 is 0 Å². The molecule has 1 atom stereocenters. The lowest BCUT2D eigenvalue weighted by atomic mass is 10.0. The number of ether oxygens (including phenoxy) is 2. The second-order valence-corrected chi connectivity index (χ2v) is 7.60. The molecule has 1 fully saturated rings. The number of fused-ring (bicyclic) bond motifs is 1. The number of aliphatic hydroxyl groups excluding tert-OH is 1. The highest BCUT2D eigenvalue weighted by atomic mass is 16.6. The quantitative estimate of drug-likeness (QED) is 0.820. The predicted molar refractivity (Wildman–Crippen MR) is 99.2 cm³/mol. The van der Waals surface area contributed by atoms with Crippen LogP contribution in [0.2, 0.25) is 0 Å². The molecule has 0 aromatic heterocycles. The molecule has 140 valence electrons. The third-order valence-corrected chi connectivity index (χ3v) is 5.16. The van der Waals surface area contributed by atoms with Crippen LogP contribution >= 0.6 is 0 Å². The molecule has 1 N–H and O–H groups in total. The van der Waals surface area contributed by atoms with E-state index in [9.17, 15) is 5.11 Å². The lowest BCUT2D eigenvalue weighted by Crippen LogP contribution is -2.53. The summed E-state index contributed by atoms with van der Waals surface area (Å²) in [6, 6.07) is 6.73. The van der Waals surface area contributed by atoms with E-state index in [2.05, 4.69) is 35.8 Å². The summed E-state index contributed by atoms with van der Waals surface area (Å²) >= 11 is 0. The smallest absolute Gasteiger partial charge is 0.161 e. The fourth-order valence-electron chi connectivity index (χ4n) is 3.69. The van der Waals surface area contributed by atoms with E-state index in [-0.39, 0.29) is 6.61 Å². The molecule has 1 aromatic rings. The molecule has 0 saturated carbocycles. The predicted octanol–water partition coefficient (Wildman–Crippen LogP) is 2.37. The van der Waals surface area contributed by atoms with Crippen LogP contribution in [0.15, 0.2) is 18.2 Å². The summed E-state index contributed by atoms with van der Waals surface area (Å²) in [6.45, 7) is 11.3. The second kappa shape index (κ2) is 8.88. The van der Waals surface area contributed by atoms with Crippen molar-refractivity contribution in [2.75, 3.05) is 46.0 Å². The van der Waals surface area contributed by atoms with Crippen LogP contribution in [0.25, 0.3) is 0 Å². The monoisotopic (exact) mass is 348 g/mol. The SMILES string of the molecule is CC(C)CCN1CCN(Cc2ccc3c(c2)OCCO3)CC1CCO. The molecular weight excluding hydrogens is 316 g/mol. The Morgan fingerprint density at radius 1 is 1.16 bits per heavy atom. The molecule has 1 aromatic carbocycles. The largest absolute Gasteiger partial charge is 0.486 e. The second-order valence-electron chi connectivity index (χ2n) is 7.60. The Bertz CT molecular complexity index is 550. The minimum Gasteiger partial charge on any atom is -0.486 e. The lowest BCUT2D eigenvalue weighted by Gasteiger charge is -2.41. The fraction of sp³-hybridized carbons (Fsp3) is 0.700. The molecule has 3 rings (SSSR count). The molecule has 0 radical (unpaired) electrons. The summed E-state index contributed by atoms with van der Waals surface area (Å²) in [5, 5.41) is 9.45. The van der Waals surface area contributed by atoms with Crippen LogP contribution in [-0.2, 0) is 6.54 Å². The Labute approximate surface area is 151 Å². The van der Waals surface area contributed by atoms with E-state index in [4.69, 9.17) is 9.47 Å². The van der Waals surface area contributed by atoms with Crippen molar-refractivity contribution in [1.82, 2.24) is 9.80 Å². The lowest BCUT2D eigenvalue weighted by molar-refractivity contribution is 0.0523. The maximum absolute atomic E-state index is 9.45. The Kier molecular flexibility index (Phi) is 6.57. The van der Waals surface area contributed by atoms with Gasteiger partial charge in [0.15, 0.2) is 11.5 Å². The van der Waals surface area contributed by atoms with Crippen molar-refractivity contribution in [2.45, 2.75) is 39.3 Å². The number of hydrogen-bond donors (Lipinski definition) is 1. The summed E-state index contributed by atoms with van der Waals surface area (Å²) < 4.78 is 11.3. The summed E-state index contributed by atoms with van der Waals surface area (Å²) in [4.78, 5) is 5.06. The number of piperazine rings is 1. The summed E-state index contributed by atoms with van der Waals surface area (Å²) in [5.74, 6) is 2.45. The van der Waals surface area contributed by atoms with Crippen LogP contribution in [0.3, 0.4) is 0 Å². The van der Waals surface area contributed by atoms with E-state index >= 15 is 0 Å². The number of hydrogen-bond acceptors (Lipinski definition) is 5. The Balaban J connectivity index is 1.58. The van der Waals surface area contributed by atoms with Crippen molar-refractivity contribution in [3.8, 4) is 11.5 Å². The van der Waals surface area contributed by atoms with Crippen LogP contribution in [-0.4, -0.2) is 66.9 Å². The van der Waals surface area contributed by atoms with Crippen LogP contribution < -0.4 is 9.47 Å². The fourth-order valence-corrected chi connectivity index (χ4v) is 3.69. The molecule has 2 aliphatic rings. The third-order valence-electron chi connectivity index (χ3n) is 5.16. The molecular formula is C20H32N2O3. The van der Waals surface area contributed by atoms with Crippen LogP contribution in [0.5, 0.6) is 11.5 Å². The van der Waals surface area contributed by atoms with Crippen LogP contribution in [0.4, 0.5) is 0 Å². The molecule has 0 bridgehead atoms. The molecule has 1 saturated heterocycles. The molecule has 0 aliphatic carbocycles. The molecule has 2 heterocycles. The van der Waals surface area contributed by atoms with Gasteiger partial charge in [-0.3, -0.25) is 9.80 Å². The van der Waals surface area contributed by atoms with Gasteiger partial charge in [0.2, 0.25) is 0 Å². The molecule has 5 nitrogen and oxygen atoms in total. The summed E-state index contributed by atoms with van der Waals surface area (Å²) in [7, 11) is 0. The van der Waals surface area contributed by atoms with Gasteiger partial charge >= 0.3 is 0 Å². The minimum atomic E-state index is 0.265. The van der Waals surface area contributed by atoms with Crippen LogP contribution in [0, 0.1) is 5.92 Å². The standard InChI is InChI=1S/C20H32N2O3/c1-16(2)5-7-22-9-8-21(15-18(22)6-10-23)14-17-3-4-19-20(13-17)25-12-11-24-19/h3-4,13,16,18,23H,5-12,14-15H2,1-2H3. The van der Waals surface area contributed by atoms with Gasteiger partial charge < -0.3 is 14.6 Å². The summed E-state index contributed by atoms with van der Waals surface area (Å²) in [6.07, 6.45) is 2.08.